The van der Waals surface area contributed by atoms with Crippen LogP contribution >= 0.6 is 0 Å². The van der Waals surface area contributed by atoms with E-state index in [0.717, 1.165) is 37.9 Å². The molecule has 0 aliphatic carbocycles. The van der Waals surface area contributed by atoms with Crippen LogP contribution < -0.4 is 15.4 Å². The predicted octanol–water partition coefficient (Wildman–Crippen LogP) is 2.29. The molecule has 0 atom stereocenters. The Labute approximate surface area is 134 Å². The molecule has 2 N–H and O–H groups in total. The van der Waals surface area contributed by atoms with Crippen molar-refractivity contribution >= 4 is 5.96 Å². The number of guanidine groups is 1. The predicted molar refractivity (Wildman–Crippen MR) is 91.6 cm³/mol. The molecule has 0 unspecified atom stereocenters. The molecule has 1 aromatic carbocycles. The van der Waals surface area contributed by atoms with Gasteiger partial charge in [-0.2, -0.15) is 0 Å². The van der Waals surface area contributed by atoms with Gasteiger partial charge in [0.1, 0.15) is 12.4 Å². The second-order valence-electron chi connectivity index (χ2n) is 5.41. The monoisotopic (exact) mass is 307 g/mol. The van der Waals surface area contributed by atoms with E-state index >= 15 is 0 Å². The van der Waals surface area contributed by atoms with Crippen molar-refractivity contribution in [2.45, 2.75) is 20.3 Å². The minimum absolute atomic E-state index is 0.590. The van der Waals surface area contributed by atoms with E-state index in [0.29, 0.717) is 19.1 Å². The molecule has 1 aromatic rings. The van der Waals surface area contributed by atoms with Crippen LogP contribution in [0.4, 0.5) is 0 Å². The number of nitrogens with zero attached hydrogens (tertiary/aromatic N) is 1. The van der Waals surface area contributed by atoms with E-state index in [1.165, 1.54) is 0 Å². The molecule has 0 aliphatic rings. The van der Waals surface area contributed by atoms with Gasteiger partial charge in [-0.25, -0.2) is 0 Å². The Morgan fingerprint density at radius 2 is 1.82 bits per heavy atom. The summed E-state index contributed by atoms with van der Waals surface area (Å²) >= 11 is 0. The van der Waals surface area contributed by atoms with E-state index in [4.69, 9.17) is 9.47 Å². The van der Waals surface area contributed by atoms with Gasteiger partial charge >= 0.3 is 0 Å². The van der Waals surface area contributed by atoms with E-state index in [1.807, 2.05) is 30.3 Å². The summed E-state index contributed by atoms with van der Waals surface area (Å²) in [6, 6.07) is 9.80. The molecule has 0 heterocycles. The van der Waals surface area contributed by atoms with E-state index in [2.05, 4.69) is 29.5 Å². The SMILES string of the molecule is CN=C(NCCCOCC(C)C)NCCOc1ccccc1. The fraction of sp³-hybridized carbons (Fsp3) is 0.588. The first-order valence-corrected chi connectivity index (χ1v) is 7.92. The lowest BCUT2D eigenvalue weighted by Crippen LogP contribution is -2.39. The molecule has 0 aliphatic heterocycles. The highest BCUT2D eigenvalue weighted by Crippen LogP contribution is 2.07. The zero-order chi connectivity index (χ0) is 16.0. The van der Waals surface area contributed by atoms with Crippen molar-refractivity contribution in [2.75, 3.05) is 40.0 Å². The molecular weight excluding hydrogens is 278 g/mol. The van der Waals surface area contributed by atoms with Gasteiger partial charge < -0.3 is 20.1 Å². The standard InChI is InChI=1S/C17H29N3O2/c1-15(2)14-21-12-7-10-19-17(18-3)20-11-13-22-16-8-5-4-6-9-16/h4-6,8-9,15H,7,10-14H2,1-3H3,(H2,18,19,20). The normalized spacial score (nSPS) is 11.5. The van der Waals surface area contributed by atoms with Crippen LogP contribution in [0.3, 0.4) is 0 Å². The van der Waals surface area contributed by atoms with Crippen molar-refractivity contribution in [1.82, 2.24) is 10.6 Å². The molecular formula is C17H29N3O2. The van der Waals surface area contributed by atoms with E-state index < -0.39 is 0 Å². The molecule has 0 spiro atoms. The number of hydrogen-bond acceptors (Lipinski definition) is 3. The number of ether oxygens (including phenoxy) is 2. The zero-order valence-electron chi connectivity index (χ0n) is 14.0. The minimum Gasteiger partial charge on any atom is -0.492 e. The van der Waals surface area contributed by atoms with Gasteiger partial charge in [-0.15, -0.1) is 0 Å². The second-order valence-corrected chi connectivity index (χ2v) is 5.41. The molecule has 1 rings (SSSR count). The third kappa shape index (κ3) is 9.23. The van der Waals surface area contributed by atoms with Crippen LogP contribution in [0.15, 0.2) is 35.3 Å². The fourth-order valence-electron chi connectivity index (χ4n) is 1.78. The van der Waals surface area contributed by atoms with Crippen LogP contribution in [-0.4, -0.2) is 45.9 Å². The van der Waals surface area contributed by atoms with Crippen molar-refractivity contribution in [3.63, 3.8) is 0 Å². The lowest BCUT2D eigenvalue weighted by atomic mass is 10.2. The summed E-state index contributed by atoms with van der Waals surface area (Å²) < 4.78 is 11.2. The number of para-hydroxylation sites is 1. The van der Waals surface area contributed by atoms with E-state index in [1.54, 1.807) is 7.05 Å². The van der Waals surface area contributed by atoms with Gasteiger partial charge in [0.15, 0.2) is 5.96 Å². The maximum atomic E-state index is 5.62. The summed E-state index contributed by atoms with van der Waals surface area (Å²) in [5.74, 6) is 2.27. The van der Waals surface area contributed by atoms with Gasteiger partial charge in [0.05, 0.1) is 6.54 Å². The summed E-state index contributed by atoms with van der Waals surface area (Å²) in [6.07, 6.45) is 0.966. The quantitative estimate of drug-likeness (QED) is 0.396. The number of nitrogens with one attached hydrogen (secondary N) is 2. The van der Waals surface area contributed by atoms with Crippen LogP contribution in [0.1, 0.15) is 20.3 Å². The first kappa shape index (κ1) is 18.3. The van der Waals surface area contributed by atoms with Crippen LogP contribution in [0, 0.1) is 5.92 Å². The molecule has 124 valence electrons. The molecule has 5 nitrogen and oxygen atoms in total. The highest BCUT2D eigenvalue weighted by Gasteiger charge is 1.98. The molecule has 0 saturated carbocycles. The lowest BCUT2D eigenvalue weighted by Gasteiger charge is -2.13. The third-order valence-electron chi connectivity index (χ3n) is 2.84. The molecule has 5 heteroatoms. The van der Waals surface area contributed by atoms with Crippen LogP contribution in [0.25, 0.3) is 0 Å². The largest absolute Gasteiger partial charge is 0.492 e. The molecule has 0 amide bonds. The number of rotatable bonds is 10. The molecule has 0 radical (unpaired) electrons. The first-order chi connectivity index (χ1) is 10.7. The Bertz CT molecular complexity index is 408. The Kier molecular flexibility index (Phi) is 9.87. The topological polar surface area (TPSA) is 54.9 Å². The van der Waals surface area contributed by atoms with Crippen molar-refractivity contribution in [2.24, 2.45) is 10.9 Å². The Balaban J connectivity index is 2.03. The Morgan fingerprint density at radius 1 is 1.09 bits per heavy atom. The van der Waals surface area contributed by atoms with Crippen LogP contribution in [0.2, 0.25) is 0 Å². The average Bonchev–Trinajstić information content (AvgIpc) is 2.53. The maximum Gasteiger partial charge on any atom is 0.191 e. The van der Waals surface area contributed by atoms with Crippen molar-refractivity contribution in [3.05, 3.63) is 30.3 Å². The fourth-order valence-corrected chi connectivity index (χ4v) is 1.78. The minimum atomic E-state index is 0.590. The summed E-state index contributed by atoms with van der Waals surface area (Å²) in [5.41, 5.74) is 0. The van der Waals surface area contributed by atoms with Gasteiger partial charge in [0.2, 0.25) is 0 Å². The first-order valence-electron chi connectivity index (χ1n) is 7.92. The Morgan fingerprint density at radius 3 is 2.50 bits per heavy atom. The summed E-state index contributed by atoms with van der Waals surface area (Å²) in [4.78, 5) is 4.18. The Hall–Kier alpha value is -1.75. The zero-order valence-corrected chi connectivity index (χ0v) is 14.0. The number of hydrogen-bond donors (Lipinski definition) is 2. The highest BCUT2D eigenvalue weighted by atomic mass is 16.5. The van der Waals surface area contributed by atoms with Crippen LogP contribution in [0.5, 0.6) is 5.75 Å². The molecule has 22 heavy (non-hydrogen) atoms. The average molecular weight is 307 g/mol. The second kappa shape index (κ2) is 11.9. The third-order valence-corrected chi connectivity index (χ3v) is 2.84. The van der Waals surface area contributed by atoms with E-state index in [9.17, 15) is 0 Å². The van der Waals surface area contributed by atoms with Crippen molar-refractivity contribution < 1.29 is 9.47 Å². The van der Waals surface area contributed by atoms with Gasteiger partial charge in [-0.1, -0.05) is 32.0 Å². The number of benzene rings is 1. The number of aliphatic imine (C=N–C) groups is 1. The van der Waals surface area contributed by atoms with Crippen LogP contribution in [-0.2, 0) is 4.74 Å². The van der Waals surface area contributed by atoms with Gasteiger partial charge in [-0.05, 0) is 24.5 Å². The van der Waals surface area contributed by atoms with Gasteiger partial charge in [0, 0.05) is 26.8 Å². The smallest absolute Gasteiger partial charge is 0.191 e. The van der Waals surface area contributed by atoms with Gasteiger partial charge in [-0.3, -0.25) is 4.99 Å². The van der Waals surface area contributed by atoms with Crippen molar-refractivity contribution in [3.8, 4) is 5.75 Å². The highest BCUT2D eigenvalue weighted by molar-refractivity contribution is 5.79. The molecule has 0 aromatic heterocycles. The van der Waals surface area contributed by atoms with Gasteiger partial charge in [0.25, 0.3) is 0 Å². The summed E-state index contributed by atoms with van der Waals surface area (Å²) in [6.45, 7) is 8.06. The molecule has 0 saturated heterocycles. The van der Waals surface area contributed by atoms with Crippen molar-refractivity contribution in [1.29, 1.82) is 0 Å². The lowest BCUT2D eigenvalue weighted by molar-refractivity contribution is 0.108. The maximum absolute atomic E-state index is 5.62. The summed E-state index contributed by atoms with van der Waals surface area (Å²) in [5, 5.41) is 6.48. The summed E-state index contributed by atoms with van der Waals surface area (Å²) in [7, 11) is 1.77. The van der Waals surface area contributed by atoms with E-state index in [-0.39, 0.29) is 0 Å². The molecule has 0 fully saturated rings. The molecule has 0 bridgehead atoms.